The molecular formula is C22H21N3O3. The molecule has 2 amide bonds. The largest absolute Gasteiger partial charge is 0.495 e. The Morgan fingerprint density at radius 2 is 1.46 bits per heavy atom. The highest BCUT2D eigenvalue weighted by Gasteiger charge is 2.15. The average molecular weight is 375 g/mol. The van der Waals surface area contributed by atoms with Crippen molar-refractivity contribution in [3.63, 3.8) is 0 Å². The minimum atomic E-state index is -0.425. The number of ether oxygens (including phenoxy) is 1. The maximum absolute atomic E-state index is 12.6. The third-order valence-electron chi connectivity index (χ3n) is 4.21. The number of methoxy groups -OCH3 is 1. The molecule has 3 aromatic rings. The third-order valence-corrected chi connectivity index (χ3v) is 4.21. The molecule has 0 unspecified atom stereocenters. The van der Waals surface area contributed by atoms with Crippen LogP contribution < -0.4 is 15.4 Å². The van der Waals surface area contributed by atoms with Gasteiger partial charge in [-0.15, -0.1) is 0 Å². The Labute approximate surface area is 163 Å². The number of nitrogens with zero attached hydrogens (tertiary/aromatic N) is 1. The fourth-order valence-corrected chi connectivity index (χ4v) is 2.68. The molecule has 0 bridgehead atoms. The van der Waals surface area contributed by atoms with Gasteiger partial charge in [0.25, 0.3) is 11.8 Å². The van der Waals surface area contributed by atoms with Crippen molar-refractivity contribution in [3.05, 3.63) is 83.2 Å². The number of amides is 2. The van der Waals surface area contributed by atoms with Gasteiger partial charge in [0.15, 0.2) is 0 Å². The van der Waals surface area contributed by atoms with Crippen molar-refractivity contribution in [1.29, 1.82) is 0 Å². The van der Waals surface area contributed by atoms with Crippen LogP contribution in [-0.4, -0.2) is 23.9 Å². The number of hydrogen-bond acceptors (Lipinski definition) is 4. The maximum Gasteiger partial charge on any atom is 0.274 e. The van der Waals surface area contributed by atoms with E-state index in [2.05, 4.69) is 15.6 Å². The van der Waals surface area contributed by atoms with Crippen molar-refractivity contribution in [2.45, 2.75) is 13.8 Å². The van der Waals surface area contributed by atoms with Crippen molar-refractivity contribution < 1.29 is 14.3 Å². The molecule has 2 aromatic carbocycles. The summed E-state index contributed by atoms with van der Waals surface area (Å²) in [7, 11) is 1.53. The number of carbonyl (C=O) groups excluding carboxylic acids is 2. The Balaban J connectivity index is 1.78. The summed E-state index contributed by atoms with van der Waals surface area (Å²) in [6.07, 6.45) is 0. The number of benzene rings is 2. The van der Waals surface area contributed by atoms with Crippen LogP contribution in [0, 0.1) is 13.8 Å². The van der Waals surface area contributed by atoms with Gasteiger partial charge in [0.2, 0.25) is 0 Å². The second-order valence-corrected chi connectivity index (χ2v) is 6.33. The molecule has 0 aliphatic carbocycles. The Morgan fingerprint density at radius 3 is 2.14 bits per heavy atom. The highest BCUT2D eigenvalue weighted by Crippen LogP contribution is 2.23. The standard InChI is InChI=1S/C22H21N3O3/c1-14-11-12-15(2)19(13-14)25-22(27)18-9-6-8-17(23-18)21(26)24-16-7-4-5-10-20(16)28-3/h4-13H,1-3H3,(H,24,26)(H,25,27). The maximum atomic E-state index is 12.6. The van der Waals surface area contributed by atoms with E-state index < -0.39 is 5.91 Å². The van der Waals surface area contributed by atoms with Crippen molar-refractivity contribution in [2.75, 3.05) is 17.7 Å². The first-order valence-corrected chi connectivity index (χ1v) is 8.78. The number of aryl methyl sites for hydroxylation is 2. The number of aromatic nitrogens is 1. The van der Waals surface area contributed by atoms with E-state index in [1.807, 2.05) is 38.1 Å². The van der Waals surface area contributed by atoms with Gasteiger partial charge in [0, 0.05) is 5.69 Å². The van der Waals surface area contributed by atoms with Gasteiger partial charge in [-0.3, -0.25) is 9.59 Å². The lowest BCUT2D eigenvalue weighted by Gasteiger charge is -2.11. The van der Waals surface area contributed by atoms with Crippen LogP contribution in [-0.2, 0) is 0 Å². The zero-order valence-electron chi connectivity index (χ0n) is 15.9. The second-order valence-electron chi connectivity index (χ2n) is 6.33. The summed E-state index contributed by atoms with van der Waals surface area (Å²) < 4.78 is 5.23. The lowest BCUT2D eigenvalue weighted by atomic mass is 10.1. The number of anilines is 2. The summed E-state index contributed by atoms with van der Waals surface area (Å²) in [5, 5.41) is 5.60. The third kappa shape index (κ3) is 4.35. The smallest absolute Gasteiger partial charge is 0.274 e. The van der Waals surface area contributed by atoms with Gasteiger partial charge in [-0.25, -0.2) is 4.98 Å². The molecule has 0 fully saturated rings. The first-order valence-electron chi connectivity index (χ1n) is 8.78. The molecular weight excluding hydrogens is 354 g/mol. The molecule has 3 rings (SSSR count). The fourth-order valence-electron chi connectivity index (χ4n) is 2.68. The predicted octanol–water partition coefficient (Wildman–Crippen LogP) is 4.21. The van der Waals surface area contributed by atoms with Gasteiger partial charge in [0.1, 0.15) is 17.1 Å². The zero-order chi connectivity index (χ0) is 20.1. The molecule has 1 aromatic heterocycles. The number of pyridine rings is 1. The lowest BCUT2D eigenvalue weighted by Crippen LogP contribution is -2.19. The first-order chi connectivity index (χ1) is 13.5. The van der Waals surface area contributed by atoms with Gasteiger partial charge >= 0.3 is 0 Å². The highest BCUT2D eigenvalue weighted by molar-refractivity contribution is 6.06. The molecule has 0 aliphatic heterocycles. The Kier molecular flexibility index (Phi) is 5.69. The van der Waals surface area contributed by atoms with Gasteiger partial charge in [-0.05, 0) is 55.3 Å². The number of nitrogens with one attached hydrogen (secondary N) is 2. The van der Waals surface area contributed by atoms with Crippen LogP contribution in [0.1, 0.15) is 32.1 Å². The number of hydrogen-bond donors (Lipinski definition) is 2. The molecule has 0 saturated heterocycles. The van der Waals surface area contributed by atoms with Crippen LogP contribution in [0.3, 0.4) is 0 Å². The summed E-state index contributed by atoms with van der Waals surface area (Å²) in [5.41, 5.74) is 3.54. The van der Waals surface area contributed by atoms with Crippen LogP contribution in [0.4, 0.5) is 11.4 Å². The summed E-state index contributed by atoms with van der Waals surface area (Å²) in [5.74, 6) is -0.258. The van der Waals surface area contributed by atoms with E-state index in [1.54, 1.807) is 36.4 Å². The summed E-state index contributed by atoms with van der Waals surface area (Å²) in [6.45, 7) is 3.87. The molecule has 6 heteroatoms. The van der Waals surface area contributed by atoms with E-state index in [9.17, 15) is 9.59 Å². The molecule has 142 valence electrons. The quantitative estimate of drug-likeness (QED) is 0.700. The van der Waals surface area contributed by atoms with Crippen molar-refractivity contribution in [1.82, 2.24) is 4.98 Å². The van der Waals surface area contributed by atoms with Crippen LogP contribution in [0.15, 0.2) is 60.7 Å². The lowest BCUT2D eigenvalue weighted by molar-refractivity contribution is 0.101. The SMILES string of the molecule is COc1ccccc1NC(=O)c1cccc(C(=O)Nc2cc(C)ccc2C)n1. The van der Waals surface area contributed by atoms with Crippen LogP contribution in [0.5, 0.6) is 5.75 Å². The zero-order valence-corrected chi connectivity index (χ0v) is 15.9. The van der Waals surface area contributed by atoms with Crippen LogP contribution in [0.25, 0.3) is 0 Å². The van der Waals surface area contributed by atoms with E-state index in [0.29, 0.717) is 11.4 Å². The molecule has 2 N–H and O–H groups in total. The summed E-state index contributed by atoms with van der Waals surface area (Å²) >= 11 is 0. The fraction of sp³-hybridized carbons (Fsp3) is 0.136. The van der Waals surface area contributed by atoms with Crippen molar-refractivity contribution in [2.24, 2.45) is 0 Å². The first kappa shape index (κ1) is 19.1. The molecule has 6 nitrogen and oxygen atoms in total. The molecule has 1 heterocycles. The highest BCUT2D eigenvalue weighted by atomic mass is 16.5. The molecule has 0 saturated carbocycles. The van der Waals surface area contributed by atoms with Crippen LogP contribution in [0.2, 0.25) is 0 Å². The van der Waals surface area contributed by atoms with Crippen LogP contribution >= 0.6 is 0 Å². The average Bonchev–Trinajstić information content (AvgIpc) is 2.71. The Hall–Kier alpha value is -3.67. The predicted molar refractivity (Wildman–Crippen MR) is 109 cm³/mol. The molecule has 0 atom stereocenters. The van der Waals surface area contributed by atoms with E-state index >= 15 is 0 Å². The van der Waals surface area contributed by atoms with Gasteiger partial charge in [-0.2, -0.15) is 0 Å². The number of rotatable bonds is 5. The normalized spacial score (nSPS) is 10.2. The second kappa shape index (κ2) is 8.35. The number of carbonyl (C=O) groups is 2. The van der Waals surface area contributed by atoms with Gasteiger partial charge in [0.05, 0.1) is 12.8 Å². The minimum Gasteiger partial charge on any atom is -0.495 e. The molecule has 0 spiro atoms. The monoisotopic (exact) mass is 375 g/mol. The Morgan fingerprint density at radius 1 is 0.821 bits per heavy atom. The number of para-hydroxylation sites is 2. The topological polar surface area (TPSA) is 80.3 Å². The van der Waals surface area contributed by atoms with Crippen molar-refractivity contribution in [3.8, 4) is 5.75 Å². The van der Waals surface area contributed by atoms with E-state index in [1.165, 1.54) is 7.11 Å². The Bertz CT molecular complexity index is 1030. The summed E-state index contributed by atoms with van der Waals surface area (Å²) in [4.78, 5) is 29.3. The van der Waals surface area contributed by atoms with Gasteiger partial charge < -0.3 is 15.4 Å². The molecule has 0 aliphatic rings. The van der Waals surface area contributed by atoms with E-state index in [-0.39, 0.29) is 17.3 Å². The van der Waals surface area contributed by atoms with E-state index in [4.69, 9.17) is 4.74 Å². The van der Waals surface area contributed by atoms with Gasteiger partial charge in [-0.1, -0.05) is 30.3 Å². The minimum absolute atomic E-state index is 0.138. The van der Waals surface area contributed by atoms with Crippen molar-refractivity contribution >= 4 is 23.2 Å². The molecule has 28 heavy (non-hydrogen) atoms. The molecule has 0 radical (unpaired) electrons. The van der Waals surface area contributed by atoms with E-state index in [0.717, 1.165) is 16.8 Å². The summed E-state index contributed by atoms with van der Waals surface area (Å²) in [6, 6.07) is 17.6.